The molecule has 0 atom stereocenters. The molecule has 2 rings (SSSR count). The largest absolute Gasteiger partial charge is 0.480 e. The molecule has 138 valence electrons. The molecular weight excluding hydrogens is 372 g/mol. The van der Waals surface area contributed by atoms with Gasteiger partial charge < -0.3 is 15.3 Å². The Bertz CT molecular complexity index is 758. The molecule has 2 amide bonds. The second-order valence-electron chi connectivity index (χ2n) is 5.77. The Morgan fingerprint density at radius 3 is 2.42 bits per heavy atom. The maximum atomic E-state index is 12.5. The van der Waals surface area contributed by atoms with Gasteiger partial charge in [-0.05, 0) is 49.6 Å². The average molecular weight is 393 g/mol. The first kappa shape index (κ1) is 20.0. The van der Waals surface area contributed by atoms with Crippen LogP contribution in [0.1, 0.15) is 24.2 Å². The Balaban J connectivity index is 1.95. The Labute approximate surface area is 160 Å². The minimum absolute atomic E-state index is 0.128. The standard InChI is InChI=1S/C18H20N2O4S2/c1-12(2)20(10-16(22)23)18(24)13-5-7-14(8-6-13)19-15(21)11-26-17-4-3-9-25-17/h3-9,12H,10-11H2,1-2H3,(H,19,21)(H,22,23). The molecular formula is C18H20N2O4S2. The second kappa shape index (κ2) is 9.40. The van der Waals surface area contributed by atoms with E-state index in [1.807, 2.05) is 17.5 Å². The summed E-state index contributed by atoms with van der Waals surface area (Å²) in [6, 6.07) is 10.1. The molecule has 0 fully saturated rings. The van der Waals surface area contributed by atoms with Crippen molar-refractivity contribution in [3.8, 4) is 0 Å². The number of thioether (sulfide) groups is 1. The van der Waals surface area contributed by atoms with E-state index in [1.165, 1.54) is 16.7 Å². The fourth-order valence-electron chi connectivity index (χ4n) is 2.18. The van der Waals surface area contributed by atoms with E-state index in [4.69, 9.17) is 5.11 Å². The van der Waals surface area contributed by atoms with Crippen LogP contribution in [0.4, 0.5) is 5.69 Å². The topological polar surface area (TPSA) is 86.7 Å². The summed E-state index contributed by atoms with van der Waals surface area (Å²) in [4.78, 5) is 36.7. The van der Waals surface area contributed by atoms with E-state index in [9.17, 15) is 14.4 Å². The number of carboxylic acid groups (broad SMARTS) is 1. The third kappa shape index (κ3) is 5.89. The summed E-state index contributed by atoms with van der Waals surface area (Å²) < 4.78 is 1.08. The van der Waals surface area contributed by atoms with Gasteiger partial charge in [-0.25, -0.2) is 0 Å². The van der Waals surface area contributed by atoms with Crippen molar-refractivity contribution in [1.29, 1.82) is 0 Å². The Kier molecular flexibility index (Phi) is 7.23. The lowest BCUT2D eigenvalue weighted by Gasteiger charge is -2.25. The van der Waals surface area contributed by atoms with Gasteiger partial charge in [-0.2, -0.15) is 0 Å². The lowest BCUT2D eigenvalue weighted by Crippen LogP contribution is -2.40. The summed E-state index contributed by atoms with van der Waals surface area (Å²) >= 11 is 3.05. The first-order valence-electron chi connectivity index (χ1n) is 7.96. The van der Waals surface area contributed by atoms with Gasteiger partial charge in [0, 0.05) is 17.3 Å². The zero-order valence-corrected chi connectivity index (χ0v) is 16.1. The Morgan fingerprint density at radius 1 is 1.19 bits per heavy atom. The van der Waals surface area contributed by atoms with Gasteiger partial charge in [0.25, 0.3) is 5.91 Å². The van der Waals surface area contributed by atoms with E-state index >= 15 is 0 Å². The van der Waals surface area contributed by atoms with E-state index < -0.39 is 5.97 Å². The van der Waals surface area contributed by atoms with Crippen LogP contribution in [0.3, 0.4) is 0 Å². The monoisotopic (exact) mass is 392 g/mol. The minimum Gasteiger partial charge on any atom is -0.480 e. The summed E-state index contributed by atoms with van der Waals surface area (Å²) in [6.45, 7) is 3.18. The van der Waals surface area contributed by atoms with Crippen LogP contribution in [-0.2, 0) is 9.59 Å². The van der Waals surface area contributed by atoms with Crippen LogP contribution in [0.15, 0.2) is 46.0 Å². The summed E-state index contributed by atoms with van der Waals surface area (Å²) in [7, 11) is 0. The number of amides is 2. The van der Waals surface area contributed by atoms with E-state index in [2.05, 4.69) is 5.32 Å². The van der Waals surface area contributed by atoms with Gasteiger partial charge in [-0.15, -0.1) is 23.1 Å². The molecule has 0 aliphatic carbocycles. The highest BCUT2D eigenvalue weighted by Crippen LogP contribution is 2.23. The second-order valence-corrected chi connectivity index (χ2v) is 7.99. The number of benzene rings is 1. The molecule has 6 nitrogen and oxygen atoms in total. The summed E-state index contributed by atoms with van der Waals surface area (Å²) in [5.41, 5.74) is 0.971. The van der Waals surface area contributed by atoms with Crippen LogP contribution in [-0.4, -0.2) is 46.1 Å². The predicted molar refractivity (Wildman–Crippen MR) is 104 cm³/mol. The van der Waals surface area contributed by atoms with Gasteiger partial charge in [0.15, 0.2) is 0 Å². The third-order valence-corrected chi connectivity index (χ3v) is 5.58. The number of aliphatic carboxylic acids is 1. The molecule has 0 spiro atoms. The first-order valence-corrected chi connectivity index (χ1v) is 9.82. The normalized spacial score (nSPS) is 10.6. The maximum Gasteiger partial charge on any atom is 0.323 e. The number of nitrogens with one attached hydrogen (secondary N) is 1. The summed E-state index contributed by atoms with van der Waals surface area (Å²) in [6.07, 6.45) is 0. The number of rotatable bonds is 8. The van der Waals surface area contributed by atoms with Crippen molar-refractivity contribution >= 4 is 46.6 Å². The molecule has 0 aliphatic heterocycles. The van der Waals surface area contributed by atoms with Gasteiger partial charge in [0.05, 0.1) is 9.96 Å². The molecule has 2 N–H and O–H groups in total. The van der Waals surface area contributed by atoms with Gasteiger partial charge in [0.1, 0.15) is 6.54 Å². The smallest absolute Gasteiger partial charge is 0.323 e. The highest BCUT2D eigenvalue weighted by molar-refractivity contribution is 8.01. The first-order chi connectivity index (χ1) is 12.4. The molecule has 0 saturated carbocycles. The number of carboxylic acids is 1. The van der Waals surface area contributed by atoms with Gasteiger partial charge in [-0.3, -0.25) is 14.4 Å². The molecule has 0 radical (unpaired) electrons. The van der Waals surface area contributed by atoms with Crippen molar-refractivity contribution in [3.05, 3.63) is 47.3 Å². The fourth-order valence-corrected chi connectivity index (χ4v) is 3.76. The average Bonchev–Trinajstić information content (AvgIpc) is 3.11. The van der Waals surface area contributed by atoms with Gasteiger partial charge in [0.2, 0.25) is 5.91 Å². The van der Waals surface area contributed by atoms with Crippen molar-refractivity contribution in [3.63, 3.8) is 0 Å². The SMILES string of the molecule is CC(C)N(CC(=O)O)C(=O)c1ccc(NC(=O)CSc2cccs2)cc1. The quantitative estimate of drug-likeness (QED) is 0.672. The van der Waals surface area contributed by atoms with Gasteiger partial charge >= 0.3 is 5.97 Å². The Morgan fingerprint density at radius 2 is 1.88 bits per heavy atom. The number of thiophene rings is 1. The number of hydrogen-bond donors (Lipinski definition) is 2. The van der Waals surface area contributed by atoms with Crippen molar-refractivity contribution < 1.29 is 19.5 Å². The highest BCUT2D eigenvalue weighted by atomic mass is 32.2. The van der Waals surface area contributed by atoms with Gasteiger partial charge in [-0.1, -0.05) is 6.07 Å². The van der Waals surface area contributed by atoms with E-state index in [-0.39, 0.29) is 24.4 Å². The molecule has 0 saturated heterocycles. The van der Waals surface area contributed by atoms with Crippen molar-refractivity contribution in [1.82, 2.24) is 4.90 Å². The van der Waals surface area contributed by atoms with Crippen molar-refractivity contribution in [2.24, 2.45) is 0 Å². The van der Waals surface area contributed by atoms with Crippen molar-refractivity contribution in [2.45, 2.75) is 24.1 Å². The molecule has 0 unspecified atom stereocenters. The van der Waals surface area contributed by atoms with Crippen LogP contribution in [0.5, 0.6) is 0 Å². The number of carbonyl (C=O) groups excluding carboxylic acids is 2. The number of nitrogens with zero attached hydrogens (tertiary/aromatic N) is 1. The lowest BCUT2D eigenvalue weighted by molar-refractivity contribution is -0.138. The van der Waals surface area contributed by atoms with E-state index in [0.29, 0.717) is 17.0 Å². The minimum atomic E-state index is -1.06. The van der Waals surface area contributed by atoms with E-state index in [0.717, 1.165) is 4.21 Å². The molecule has 0 bridgehead atoms. The number of anilines is 1. The molecule has 8 heteroatoms. The van der Waals surface area contributed by atoms with Crippen LogP contribution >= 0.6 is 23.1 Å². The van der Waals surface area contributed by atoms with E-state index in [1.54, 1.807) is 49.4 Å². The van der Waals surface area contributed by atoms with Crippen LogP contribution in [0.2, 0.25) is 0 Å². The number of hydrogen-bond acceptors (Lipinski definition) is 5. The summed E-state index contributed by atoms with van der Waals surface area (Å²) in [5.74, 6) is -1.23. The molecule has 1 aromatic heterocycles. The summed E-state index contributed by atoms with van der Waals surface area (Å²) in [5, 5.41) is 13.7. The third-order valence-electron chi connectivity index (χ3n) is 3.45. The Hall–Kier alpha value is -2.32. The number of carbonyl (C=O) groups is 3. The lowest BCUT2D eigenvalue weighted by atomic mass is 10.1. The zero-order valence-electron chi connectivity index (χ0n) is 14.5. The van der Waals surface area contributed by atoms with Crippen LogP contribution in [0, 0.1) is 0 Å². The molecule has 0 aliphatic rings. The molecule has 2 aromatic rings. The van der Waals surface area contributed by atoms with Crippen LogP contribution < -0.4 is 5.32 Å². The molecule has 1 aromatic carbocycles. The fraction of sp³-hybridized carbons (Fsp3) is 0.278. The maximum absolute atomic E-state index is 12.5. The van der Waals surface area contributed by atoms with Crippen LogP contribution in [0.25, 0.3) is 0 Å². The predicted octanol–water partition coefficient (Wildman–Crippen LogP) is 3.41. The van der Waals surface area contributed by atoms with Crippen molar-refractivity contribution in [2.75, 3.05) is 17.6 Å². The zero-order chi connectivity index (χ0) is 19.1. The highest BCUT2D eigenvalue weighted by Gasteiger charge is 2.21. The molecule has 26 heavy (non-hydrogen) atoms. The molecule has 1 heterocycles.